The first-order valence-electron chi connectivity index (χ1n) is 10.4. The van der Waals surface area contributed by atoms with Gasteiger partial charge >= 0.3 is 0 Å². The van der Waals surface area contributed by atoms with Gasteiger partial charge in [-0.1, -0.05) is 47.6 Å². The zero-order valence-electron chi connectivity index (χ0n) is 18.2. The molecule has 7 heteroatoms. The summed E-state index contributed by atoms with van der Waals surface area (Å²) in [6.45, 7) is 0. The normalized spacial score (nSPS) is 11.7. The molecule has 1 unspecified atom stereocenters. The van der Waals surface area contributed by atoms with Gasteiger partial charge in [0.25, 0.3) is 0 Å². The highest BCUT2D eigenvalue weighted by molar-refractivity contribution is 5.92. The van der Waals surface area contributed by atoms with Crippen molar-refractivity contribution in [3.05, 3.63) is 83.7 Å². The largest absolute Gasteiger partial charge is 0.356 e. The second-order valence-corrected chi connectivity index (χ2v) is 7.83. The fourth-order valence-electron chi connectivity index (χ4n) is 3.69. The van der Waals surface area contributed by atoms with Crippen LogP contribution in [0, 0.1) is 0 Å². The number of halogens is 1. The van der Waals surface area contributed by atoms with E-state index >= 15 is 0 Å². The zero-order chi connectivity index (χ0) is 21.8. The van der Waals surface area contributed by atoms with E-state index in [0.29, 0.717) is 19.3 Å². The topological polar surface area (TPSA) is 85.2 Å². The van der Waals surface area contributed by atoms with E-state index in [1.807, 2.05) is 66.7 Å². The Hall–Kier alpha value is -3.22. The van der Waals surface area contributed by atoms with Gasteiger partial charge < -0.3 is 15.2 Å². The van der Waals surface area contributed by atoms with E-state index in [-0.39, 0.29) is 24.4 Å². The van der Waals surface area contributed by atoms with Gasteiger partial charge in [0.2, 0.25) is 5.91 Å². The van der Waals surface area contributed by atoms with Crippen molar-refractivity contribution in [3.8, 4) is 11.3 Å². The Morgan fingerprint density at radius 3 is 2.53 bits per heavy atom. The van der Waals surface area contributed by atoms with Gasteiger partial charge in [0.15, 0.2) is 5.58 Å². The number of hydrogen-bond donors (Lipinski definition) is 1. The number of nitrogens with two attached hydrogens (primary N) is 1. The second-order valence-electron chi connectivity index (χ2n) is 7.83. The lowest BCUT2D eigenvalue weighted by molar-refractivity contribution is -0.128. The fourth-order valence-corrected chi connectivity index (χ4v) is 3.69. The predicted octanol–water partition coefficient (Wildman–Crippen LogP) is 4.57. The maximum Gasteiger partial charge on any atom is 0.222 e. The van der Waals surface area contributed by atoms with Gasteiger partial charge in [-0.3, -0.25) is 9.78 Å². The Morgan fingerprint density at radius 1 is 1.00 bits per heavy atom. The van der Waals surface area contributed by atoms with Crippen molar-refractivity contribution in [3.63, 3.8) is 0 Å². The Balaban J connectivity index is 0.00000289. The van der Waals surface area contributed by atoms with Crippen molar-refractivity contribution in [2.24, 2.45) is 5.73 Å². The summed E-state index contributed by atoms with van der Waals surface area (Å²) in [5.74, 6) is 0.0951. The van der Waals surface area contributed by atoms with Gasteiger partial charge in [0, 0.05) is 55.3 Å². The molecule has 0 aliphatic heterocycles. The van der Waals surface area contributed by atoms with E-state index in [9.17, 15) is 4.79 Å². The van der Waals surface area contributed by atoms with Crippen LogP contribution in [0.3, 0.4) is 0 Å². The lowest BCUT2D eigenvalue weighted by atomic mass is 9.94. The molecule has 0 aliphatic carbocycles. The lowest BCUT2D eigenvalue weighted by Gasteiger charge is -2.16. The molecule has 0 bridgehead atoms. The van der Waals surface area contributed by atoms with Gasteiger partial charge in [-0.2, -0.15) is 0 Å². The molecule has 1 amide bonds. The van der Waals surface area contributed by atoms with Crippen LogP contribution in [-0.2, 0) is 17.6 Å². The number of fused-ring (bicyclic) bond motifs is 1. The molecule has 0 saturated heterocycles. The van der Waals surface area contributed by atoms with Crippen LogP contribution in [0.2, 0.25) is 0 Å². The first-order chi connectivity index (χ1) is 15.0. The van der Waals surface area contributed by atoms with Gasteiger partial charge in [0.05, 0.1) is 0 Å². The number of carbonyl (C=O) groups is 1. The minimum Gasteiger partial charge on any atom is -0.356 e. The van der Waals surface area contributed by atoms with Crippen LogP contribution in [0.5, 0.6) is 0 Å². The number of hydrogen-bond acceptors (Lipinski definition) is 5. The van der Waals surface area contributed by atoms with E-state index in [1.165, 1.54) is 0 Å². The molecule has 0 radical (unpaired) electrons. The maximum atomic E-state index is 11.9. The van der Waals surface area contributed by atoms with Crippen LogP contribution in [0.15, 0.2) is 71.3 Å². The third kappa shape index (κ3) is 5.15. The molecule has 1 atom stereocenters. The number of amides is 1. The molecule has 6 nitrogen and oxygen atoms in total. The molecule has 2 aromatic heterocycles. The van der Waals surface area contributed by atoms with E-state index in [0.717, 1.165) is 39.2 Å². The van der Waals surface area contributed by atoms with Crippen molar-refractivity contribution >= 4 is 29.3 Å². The maximum absolute atomic E-state index is 11.9. The van der Waals surface area contributed by atoms with Crippen LogP contribution >= 0.6 is 12.4 Å². The Morgan fingerprint density at radius 2 is 1.72 bits per heavy atom. The second kappa shape index (κ2) is 10.4. The average Bonchev–Trinajstić information content (AvgIpc) is 3.21. The summed E-state index contributed by atoms with van der Waals surface area (Å²) in [4.78, 5) is 18.2. The number of carbonyl (C=O) groups excluding carboxylic acids is 1. The summed E-state index contributed by atoms with van der Waals surface area (Å²) >= 11 is 0. The van der Waals surface area contributed by atoms with Gasteiger partial charge in [-0.05, 0) is 36.2 Å². The van der Waals surface area contributed by atoms with Crippen LogP contribution in [-0.4, -0.2) is 35.0 Å². The highest BCUT2D eigenvalue weighted by Crippen LogP contribution is 2.33. The third-order valence-electron chi connectivity index (χ3n) is 5.38. The summed E-state index contributed by atoms with van der Waals surface area (Å²) in [5.41, 5.74) is 11.9. The van der Waals surface area contributed by atoms with Crippen molar-refractivity contribution < 1.29 is 9.32 Å². The zero-order valence-corrected chi connectivity index (χ0v) is 19.0. The molecule has 0 fully saturated rings. The predicted molar refractivity (Wildman–Crippen MR) is 129 cm³/mol. The minimum atomic E-state index is -0.252. The number of benzene rings is 2. The van der Waals surface area contributed by atoms with Crippen LogP contribution in [0.4, 0.5) is 0 Å². The number of aryl methyl sites for hydroxylation is 1. The lowest BCUT2D eigenvalue weighted by Crippen LogP contribution is -2.22. The highest BCUT2D eigenvalue weighted by atomic mass is 35.5. The summed E-state index contributed by atoms with van der Waals surface area (Å²) in [7, 11) is 3.53. The molecule has 4 rings (SSSR count). The molecule has 0 aliphatic rings. The standard InChI is InChI=1S/C25H26N4O2.ClH/c1-29(2)24(30)15-14-17-8-7-9-18(27-17)16-22(26)19-10-3-4-11-20(19)25-21-12-5-6-13-23(21)31-28-25;/h3-13,22H,14-16,26H2,1-2H3;1H. The molecule has 0 spiro atoms. The average molecular weight is 451 g/mol. The molecule has 2 heterocycles. The van der Waals surface area contributed by atoms with E-state index in [4.69, 9.17) is 15.2 Å². The van der Waals surface area contributed by atoms with E-state index in [2.05, 4.69) is 5.16 Å². The minimum absolute atomic E-state index is 0. The molecular weight excluding hydrogens is 424 g/mol. The molecule has 32 heavy (non-hydrogen) atoms. The molecule has 166 valence electrons. The monoisotopic (exact) mass is 450 g/mol. The SMILES string of the molecule is CN(C)C(=O)CCc1cccc(CC(N)c2ccccc2-c2noc3ccccc23)n1.Cl. The number of rotatable bonds is 7. The third-order valence-corrected chi connectivity index (χ3v) is 5.38. The van der Waals surface area contributed by atoms with Crippen LogP contribution in [0.25, 0.3) is 22.2 Å². The van der Waals surface area contributed by atoms with Crippen molar-refractivity contribution in [1.29, 1.82) is 0 Å². The Kier molecular flexibility index (Phi) is 7.62. The van der Waals surface area contributed by atoms with Crippen molar-refractivity contribution in [2.45, 2.75) is 25.3 Å². The molecule has 2 aromatic carbocycles. The van der Waals surface area contributed by atoms with Crippen molar-refractivity contribution in [2.75, 3.05) is 14.1 Å². The summed E-state index contributed by atoms with van der Waals surface area (Å²) in [6.07, 6.45) is 1.64. The summed E-state index contributed by atoms with van der Waals surface area (Å²) in [5, 5.41) is 5.27. The summed E-state index contributed by atoms with van der Waals surface area (Å²) < 4.78 is 5.50. The fraction of sp³-hybridized carbons (Fsp3) is 0.240. The van der Waals surface area contributed by atoms with Gasteiger partial charge in [-0.15, -0.1) is 12.4 Å². The quantitative estimate of drug-likeness (QED) is 0.445. The highest BCUT2D eigenvalue weighted by Gasteiger charge is 2.18. The number of pyridine rings is 1. The molecule has 4 aromatic rings. The number of nitrogens with zero attached hydrogens (tertiary/aromatic N) is 3. The molecule has 0 saturated carbocycles. The Labute approximate surface area is 193 Å². The summed E-state index contributed by atoms with van der Waals surface area (Å²) in [6, 6.07) is 21.5. The van der Waals surface area contributed by atoms with Crippen LogP contribution < -0.4 is 5.73 Å². The first-order valence-corrected chi connectivity index (χ1v) is 10.4. The van der Waals surface area contributed by atoms with Crippen LogP contribution in [0.1, 0.15) is 29.4 Å². The van der Waals surface area contributed by atoms with Gasteiger partial charge in [-0.25, -0.2) is 0 Å². The smallest absolute Gasteiger partial charge is 0.222 e. The molecule has 2 N–H and O–H groups in total. The van der Waals surface area contributed by atoms with Gasteiger partial charge in [0.1, 0.15) is 5.69 Å². The van der Waals surface area contributed by atoms with Crippen molar-refractivity contribution in [1.82, 2.24) is 15.0 Å². The van der Waals surface area contributed by atoms with E-state index < -0.39 is 0 Å². The number of aromatic nitrogens is 2. The number of para-hydroxylation sites is 1. The molecular formula is C25H27ClN4O2. The first kappa shape index (κ1) is 23.4. The Bertz CT molecular complexity index is 1210. The van der Waals surface area contributed by atoms with E-state index in [1.54, 1.807) is 19.0 Å².